The van der Waals surface area contributed by atoms with E-state index in [0.717, 1.165) is 24.5 Å². The summed E-state index contributed by atoms with van der Waals surface area (Å²) < 4.78 is 26.1. The fraction of sp³-hybridized carbons (Fsp3) is 0.267. The van der Waals surface area contributed by atoms with Crippen molar-refractivity contribution in [3.05, 3.63) is 52.2 Å². The van der Waals surface area contributed by atoms with Gasteiger partial charge in [0.1, 0.15) is 11.6 Å². The zero-order valence-electron chi connectivity index (χ0n) is 11.6. The molecule has 1 aromatic carbocycles. The number of aromatic nitrogens is 2. The van der Waals surface area contributed by atoms with Crippen LogP contribution in [-0.2, 0) is 0 Å². The van der Waals surface area contributed by atoms with Gasteiger partial charge < -0.3 is 0 Å². The molecule has 0 aliphatic heterocycles. The van der Waals surface area contributed by atoms with Crippen molar-refractivity contribution in [3.8, 4) is 0 Å². The Morgan fingerprint density at radius 1 is 1.14 bits per heavy atom. The fourth-order valence-corrected chi connectivity index (χ4v) is 2.52. The van der Waals surface area contributed by atoms with Gasteiger partial charge in [-0.1, -0.05) is 18.0 Å². The van der Waals surface area contributed by atoms with Crippen molar-refractivity contribution < 1.29 is 8.78 Å². The van der Waals surface area contributed by atoms with E-state index in [1.165, 1.54) is 24.8 Å². The maximum atomic E-state index is 13.1. The van der Waals surface area contributed by atoms with Gasteiger partial charge in [-0.25, -0.2) is 8.78 Å². The summed E-state index contributed by atoms with van der Waals surface area (Å²) in [4.78, 5) is 0. The molecule has 114 valence electrons. The van der Waals surface area contributed by atoms with Gasteiger partial charge in [-0.3, -0.25) is 5.43 Å². The van der Waals surface area contributed by atoms with E-state index in [4.69, 9.17) is 11.6 Å². The number of rotatable bonds is 4. The second-order valence-corrected chi connectivity index (χ2v) is 5.53. The van der Waals surface area contributed by atoms with E-state index in [0.29, 0.717) is 22.5 Å². The van der Waals surface area contributed by atoms with Crippen molar-refractivity contribution in [2.24, 2.45) is 5.10 Å². The maximum Gasteiger partial charge on any atom is 0.169 e. The van der Waals surface area contributed by atoms with E-state index < -0.39 is 11.6 Å². The van der Waals surface area contributed by atoms with Gasteiger partial charge in [-0.05, 0) is 42.5 Å². The van der Waals surface area contributed by atoms with Gasteiger partial charge in [0.05, 0.1) is 6.21 Å². The average molecular weight is 323 g/mol. The van der Waals surface area contributed by atoms with Crippen molar-refractivity contribution in [1.82, 2.24) is 10.2 Å². The predicted octanol–water partition coefficient (Wildman–Crippen LogP) is 4.12. The number of hydrogen-bond donors (Lipinski definition) is 1. The van der Waals surface area contributed by atoms with Crippen LogP contribution in [-0.4, -0.2) is 16.4 Å². The molecule has 4 nitrogen and oxygen atoms in total. The van der Waals surface area contributed by atoms with Crippen LogP contribution in [0.4, 0.5) is 14.6 Å². The molecule has 0 radical (unpaired) electrons. The Hall–Kier alpha value is -2.08. The molecule has 1 fully saturated rings. The van der Waals surface area contributed by atoms with Crippen LogP contribution < -0.4 is 5.43 Å². The zero-order valence-corrected chi connectivity index (χ0v) is 12.3. The van der Waals surface area contributed by atoms with E-state index in [2.05, 4.69) is 20.7 Å². The number of hydrogen-bond acceptors (Lipinski definition) is 4. The molecular weight excluding hydrogens is 310 g/mol. The van der Waals surface area contributed by atoms with Gasteiger partial charge in [0.25, 0.3) is 0 Å². The third-order valence-corrected chi connectivity index (χ3v) is 3.89. The molecule has 1 aromatic heterocycles. The number of benzene rings is 1. The third-order valence-electron chi connectivity index (χ3n) is 3.60. The van der Waals surface area contributed by atoms with Gasteiger partial charge in [0.15, 0.2) is 11.0 Å². The van der Waals surface area contributed by atoms with E-state index in [1.807, 2.05) is 6.07 Å². The zero-order chi connectivity index (χ0) is 15.5. The van der Waals surface area contributed by atoms with Gasteiger partial charge in [-0.15, -0.1) is 10.2 Å². The Balaban J connectivity index is 1.71. The summed E-state index contributed by atoms with van der Waals surface area (Å²) in [5.74, 6) is -0.440. The molecule has 22 heavy (non-hydrogen) atoms. The van der Waals surface area contributed by atoms with Crippen LogP contribution >= 0.6 is 11.6 Å². The highest BCUT2D eigenvalue weighted by molar-refractivity contribution is 6.30. The highest BCUT2D eigenvalue weighted by atomic mass is 35.5. The van der Waals surface area contributed by atoms with Crippen LogP contribution in [0.3, 0.4) is 0 Å². The Morgan fingerprint density at radius 3 is 2.50 bits per heavy atom. The summed E-state index contributed by atoms with van der Waals surface area (Å²) in [5.41, 5.74) is 3.96. The van der Waals surface area contributed by atoms with E-state index in [1.54, 1.807) is 0 Å². The van der Waals surface area contributed by atoms with Crippen LogP contribution in [0, 0.1) is 11.6 Å². The van der Waals surface area contributed by atoms with Crippen LogP contribution in [0.15, 0.2) is 29.4 Å². The van der Waals surface area contributed by atoms with E-state index in [-0.39, 0.29) is 0 Å². The molecule has 7 heteroatoms. The lowest BCUT2D eigenvalue weighted by atomic mass is 9.81. The molecule has 0 atom stereocenters. The van der Waals surface area contributed by atoms with Gasteiger partial charge in [0, 0.05) is 11.6 Å². The molecule has 1 saturated carbocycles. The lowest BCUT2D eigenvalue weighted by Gasteiger charge is -2.26. The van der Waals surface area contributed by atoms with Crippen LogP contribution in [0.2, 0.25) is 5.15 Å². The highest BCUT2D eigenvalue weighted by Crippen LogP contribution is 2.39. The summed E-state index contributed by atoms with van der Waals surface area (Å²) in [6, 6.07) is 4.98. The second-order valence-electron chi connectivity index (χ2n) is 5.18. The minimum atomic E-state index is -0.653. The van der Waals surface area contributed by atoms with E-state index >= 15 is 0 Å². The molecular formula is C15H13ClF2N4. The molecule has 0 amide bonds. The summed E-state index contributed by atoms with van der Waals surface area (Å²) in [6.07, 6.45) is 4.69. The standard InChI is InChI=1S/C15H13ClF2N4/c16-15-13(10-2-1-3-10)7-14(21-22-15)20-19-8-9-4-11(17)6-12(18)5-9/h4-8,10H,1-3H2,(H,20,21). The number of anilines is 1. The van der Waals surface area contributed by atoms with Crippen molar-refractivity contribution in [2.75, 3.05) is 5.43 Å². The van der Waals surface area contributed by atoms with E-state index in [9.17, 15) is 8.78 Å². The first-order valence-corrected chi connectivity index (χ1v) is 7.28. The quantitative estimate of drug-likeness (QED) is 0.680. The lowest BCUT2D eigenvalue weighted by Crippen LogP contribution is -2.11. The monoisotopic (exact) mass is 322 g/mol. The average Bonchev–Trinajstić information content (AvgIpc) is 2.39. The van der Waals surface area contributed by atoms with Gasteiger partial charge in [0.2, 0.25) is 0 Å². The maximum absolute atomic E-state index is 13.1. The number of nitrogens with zero attached hydrogens (tertiary/aromatic N) is 3. The SMILES string of the molecule is Fc1cc(F)cc(C=NNc2cc(C3CCC3)c(Cl)nn2)c1. The molecule has 1 N–H and O–H groups in total. The largest absolute Gasteiger partial charge is 0.260 e. The smallest absolute Gasteiger partial charge is 0.169 e. The molecule has 0 spiro atoms. The van der Waals surface area contributed by atoms with Gasteiger partial charge in [-0.2, -0.15) is 5.10 Å². The molecule has 1 aliphatic rings. The van der Waals surface area contributed by atoms with Crippen molar-refractivity contribution in [2.45, 2.75) is 25.2 Å². The highest BCUT2D eigenvalue weighted by Gasteiger charge is 2.23. The second kappa shape index (κ2) is 6.36. The van der Waals surface area contributed by atoms with Crippen molar-refractivity contribution in [3.63, 3.8) is 0 Å². The fourth-order valence-electron chi connectivity index (χ4n) is 2.27. The minimum absolute atomic E-state index is 0.311. The molecule has 3 rings (SSSR count). The topological polar surface area (TPSA) is 50.2 Å². The summed E-state index contributed by atoms with van der Waals surface area (Å²) in [7, 11) is 0. The lowest BCUT2D eigenvalue weighted by molar-refractivity contribution is 0.418. The number of hydrazone groups is 1. The number of halogens is 3. The number of nitrogens with one attached hydrogen (secondary N) is 1. The third kappa shape index (κ3) is 3.39. The first-order chi connectivity index (χ1) is 10.6. The van der Waals surface area contributed by atoms with Crippen LogP contribution in [0.25, 0.3) is 0 Å². The van der Waals surface area contributed by atoms with Crippen LogP contribution in [0.1, 0.15) is 36.3 Å². The minimum Gasteiger partial charge on any atom is -0.260 e. The predicted molar refractivity (Wildman–Crippen MR) is 81.2 cm³/mol. The molecule has 0 unspecified atom stereocenters. The summed E-state index contributed by atoms with van der Waals surface area (Å²) in [6.45, 7) is 0. The Labute approximate surface area is 131 Å². The normalized spacial score (nSPS) is 15.0. The Morgan fingerprint density at radius 2 is 1.86 bits per heavy atom. The first-order valence-electron chi connectivity index (χ1n) is 6.90. The summed E-state index contributed by atoms with van der Waals surface area (Å²) >= 11 is 6.05. The molecule has 0 bridgehead atoms. The molecule has 1 heterocycles. The van der Waals surface area contributed by atoms with Crippen molar-refractivity contribution in [1.29, 1.82) is 0 Å². The molecule has 2 aromatic rings. The first kappa shape index (κ1) is 14.8. The van der Waals surface area contributed by atoms with Crippen molar-refractivity contribution >= 4 is 23.6 Å². The van der Waals surface area contributed by atoms with Gasteiger partial charge >= 0.3 is 0 Å². The van der Waals surface area contributed by atoms with Crippen LogP contribution in [0.5, 0.6) is 0 Å². The Bertz CT molecular complexity index is 696. The summed E-state index contributed by atoms with van der Waals surface area (Å²) in [5, 5.41) is 12.1. The Kier molecular flexibility index (Phi) is 4.29. The molecule has 1 aliphatic carbocycles. The molecule has 0 saturated heterocycles.